The van der Waals surface area contributed by atoms with Crippen LogP contribution in [0.15, 0.2) is 30.3 Å². The molecule has 1 aliphatic rings. The third kappa shape index (κ3) is 4.69. The van der Waals surface area contributed by atoms with Gasteiger partial charge in [0.2, 0.25) is 5.91 Å². The molecule has 0 radical (unpaired) electrons. The number of benzene rings is 1. The quantitative estimate of drug-likeness (QED) is 0.890. The lowest BCUT2D eigenvalue weighted by atomic mass is 9.97. The van der Waals surface area contributed by atoms with Gasteiger partial charge in [-0.25, -0.2) is 4.98 Å². The van der Waals surface area contributed by atoms with Crippen molar-refractivity contribution in [2.24, 2.45) is 5.92 Å². The van der Waals surface area contributed by atoms with Gasteiger partial charge in [-0.2, -0.15) is 0 Å². The molecule has 1 amide bonds. The van der Waals surface area contributed by atoms with Gasteiger partial charge >= 0.3 is 0 Å². The Bertz CT molecular complexity index is 749. The minimum atomic E-state index is 0.0136. The molecule has 3 rings (SSSR count). The van der Waals surface area contributed by atoms with E-state index in [-0.39, 0.29) is 11.8 Å². The van der Waals surface area contributed by atoms with Crippen LogP contribution in [0.1, 0.15) is 12.8 Å². The standard InChI is InChI=1S/C19H25ClN4O/c1-23(2)11-12-24-10-4-6-15(13-24)19(25)22-17-9-8-14-5-3-7-16(20)18(14)21-17/h3,5,7-9,15H,4,6,10-13H2,1-2H3,(H,21,22,25). The van der Waals surface area contributed by atoms with Crippen LogP contribution in [0.25, 0.3) is 10.9 Å². The van der Waals surface area contributed by atoms with E-state index in [0.717, 1.165) is 49.9 Å². The van der Waals surface area contributed by atoms with Crippen molar-refractivity contribution in [3.63, 3.8) is 0 Å². The number of piperidine rings is 1. The first-order valence-corrected chi connectivity index (χ1v) is 9.14. The third-order valence-electron chi connectivity index (χ3n) is 4.66. The lowest BCUT2D eigenvalue weighted by molar-refractivity contribution is -0.121. The summed E-state index contributed by atoms with van der Waals surface area (Å²) in [6.45, 7) is 3.90. The van der Waals surface area contributed by atoms with Crippen LogP contribution in [0, 0.1) is 5.92 Å². The summed E-state index contributed by atoms with van der Waals surface area (Å²) >= 11 is 6.21. The van der Waals surface area contributed by atoms with Crippen molar-refractivity contribution in [2.45, 2.75) is 12.8 Å². The first kappa shape index (κ1) is 18.1. The number of nitrogens with zero attached hydrogens (tertiary/aromatic N) is 3. The summed E-state index contributed by atoms with van der Waals surface area (Å²) in [5.74, 6) is 0.629. The Kier molecular flexibility index (Phi) is 5.89. The Balaban J connectivity index is 1.64. The third-order valence-corrected chi connectivity index (χ3v) is 4.97. The Morgan fingerprint density at radius 1 is 1.36 bits per heavy atom. The highest BCUT2D eigenvalue weighted by Crippen LogP contribution is 2.24. The smallest absolute Gasteiger partial charge is 0.229 e. The molecule has 6 heteroatoms. The molecule has 1 saturated heterocycles. The number of halogens is 1. The predicted molar refractivity (Wildman–Crippen MR) is 103 cm³/mol. The average Bonchev–Trinajstić information content (AvgIpc) is 2.61. The van der Waals surface area contributed by atoms with E-state index in [4.69, 9.17) is 11.6 Å². The van der Waals surface area contributed by atoms with Gasteiger partial charge in [-0.1, -0.05) is 23.7 Å². The van der Waals surface area contributed by atoms with Gasteiger partial charge < -0.3 is 15.1 Å². The summed E-state index contributed by atoms with van der Waals surface area (Å²) in [4.78, 5) is 21.7. The zero-order chi connectivity index (χ0) is 17.8. The van der Waals surface area contributed by atoms with Crippen molar-refractivity contribution in [3.05, 3.63) is 35.4 Å². The number of hydrogen-bond donors (Lipinski definition) is 1. The maximum absolute atomic E-state index is 12.7. The van der Waals surface area contributed by atoms with Gasteiger partial charge in [-0.3, -0.25) is 4.79 Å². The molecule has 0 spiro atoms. The fraction of sp³-hybridized carbons (Fsp3) is 0.474. The van der Waals surface area contributed by atoms with Crippen LogP contribution in [-0.4, -0.2) is 61.0 Å². The number of carbonyl (C=O) groups is 1. The SMILES string of the molecule is CN(C)CCN1CCCC(C(=O)Nc2ccc3cccc(Cl)c3n2)C1. The molecule has 0 aliphatic carbocycles. The summed E-state index contributed by atoms with van der Waals surface area (Å²) in [5, 5.41) is 4.54. The molecular formula is C19H25ClN4O. The molecular weight excluding hydrogens is 336 g/mol. The fourth-order valence-corrected chi connectivity index (χ4v) is 3.45. The molecule has 1 N–H and O–H groups in total. The van der Waals surface area contributed by atoms with Crippen molar-refractivity contribution in [3.8, 4) is 0 Å². The summed E-state index contributed by atoms with van der Waals surface area (Å²) in [6, 6.07) is 9.45. The number of likely N-dealkylation sites (tertiary alicyclic amines) is 1. The van der Waals surface area contributed by atoms with Crippen molar-refractivity contribution in [2.75, 3.05) is 45.6 Å². The maximum atomic E-state index is 12.7. The number of para-hydroxylation sites is 1. The molecule has 2 heterocycles. The van der Waals surface area contributed by atoms with Crippen LogP contribution in [-0.2, 0) is 4.79 Å². The number of amides is 1. The average molecular weight is 361 g/mol. The highest BCUT2D eigenvalue weighted by atomic mass is 35.5. The number of aromatic nitrogens is 1. The van der Waals surface area contributed by atoms with Crippen molar-refractivity contribution < 1.29 is 4.79 Å². The number of pyridine rings is 1. The minimum Gasteiger partial charge on any atom is -0.310 e. The first-order valence-electron chi connectivity index (χ1n) is 8.76. The minimum absolute atomic E-state index is 0.0136. The van der Waals surface area contributed by atoms with E-state index in [1.165, 1.54) is 0 Å². The van der Waals surface area contributed by atoms with E-state index in [2.05, 4.69) is 34.2 Å². The molecule has 25 heavy (non-hydrogen) atoms. The summed E-state index contributed by atoms with van der Waals surface area (Å²) in [5.41, 5.74) is 0.721. The summed E-state index contributed by atoms with van der Waals surface area (Å²) in [7, 11) is 4.15. The zero-order valence-corrected chi connectivity index (χ0v) is 15.6. The van der Waals surface area contributed by atoms with Crippen LogP contribution in [0.3, 0.4) is 0 Å². The monoisotopic (exact) mass is 360 g/mol. The topological polar surface area (TPSA) is 48.5 Å². The molecule has 134 valence electrons. The molecule has 1 aromatic heterocycles. The van der Waals surface area contributed by atoms with Gasteiger partial charge in [0.15, 0.2) is 0 Å². The number of anilines is 1. The van der Waals surface area contributed by atoms with Gasteiger partial charge in [0, 0.05) is 25.0 Å². The van der Waals surface area contributed by atoms with Gasteiger partial charge in [0.05, 0.1) is 16.5 Å². The highest BCUT2D eigenvalue weighted by molar-refractivity contribution is 6.35. The zero-order valence-electron chi connectivity index (χ0n) is 14.8. The number of rotatable bonds is 5. The van der Waals surface area contributed by atoms with E-state index in [1.54, 1.807) is 0 Å². The molecule has 1 aromatic carbocycles. The van der Waals surface area contributed by atoms with E-state index in [1.807, 2.05) is 30.3 Å². The van der Waals surface area contributed by atoms with E-state index in [9.17, 15) is 4.79 Å². The van der Waals surface area contributed by atoms with Crippen LogP contribution in [0.4, 0.5) is 5.82 Å². The van der Waals surface area contributed by atoms with Crippen molar-refractivity contribution >= 4 is 34.2 Å². The second kappa shape index (κ2) is 8.13. The molecule has 0 bridgehead atoms. The molecule has 1 aliphatic heterocycles. The lowest BCUT2D eigenvalue weighted by Gasteiger charge is -2.32. The van der Waals surface area contributed by atoms with Gasteiger partial charge in [0.25, 0.3) is 0 Å². The molecule has 1 atom stereocenters. The lowest BCUT2D eigenvalue weighted by Crippen LogP contribution is -2.43. The normalized spacial score (nSPS) is 18.6. The number of nitrogens with one attached hydrogen (secondary N) is 1. The number of carbonyl (C=O) groups excluding carboxylic acids is 1. The predicted octanol–water partition coefficient (Wildman–Crippen LogP) is 3.10. The molecule has 1 unspecified atom stereocenters. The Labute approximate surface area is 154 Å². The molecule has 5 nitrogen and oxygen atoms in total. The molecule has 0 saturated carbocycles. The van der Waals surface area contributed by atoms with E-state index >= 15 is 0 Å². The second-order valence-electron chi connectivity index (χ2n) is 6.94. The van der Waals surface area contributed by atoms with Crippen LogP contribution in [0.5, 0.6) is 0 Å². The van der Waals surface area contributed by atoms with Gasteiger partial charge in [-0.15, -0.1) is 0 Å². The number of hydrogen-bond acceptors (Lipinski definition) is 4. The molecule has 1 fully saturated rings. The van der Waals surface area contributed by atoms with E-state index < -0.39 is 0 Å². The van der Waals surface area contributed by atoms with Crippen LogP contribution in [0.2, 0.25) is 5.02 Å². The number of fused-ring (bicyclic) bond motifs is 1. The Morgan fingerprint density at radius 2 is 2.20 bits per heavy atom. The largest absolute Gasteiger partial charge is 0.310 e. The number of likely N-dealkylation sites (N-methyl/N-ethyl adjacent to an activating group) is 1. The summed E-state index contributed by atoms with van der Waals surface area (Å²) in [6.07, 6.45) is 1.99. The van der Waals surface area contributed by atoms with Crippen molar-refractivity contribution in [1.82, 2.24) is 14.8 Å². The Hall–Kier alpha value is -1.69. The summed E-state index contributed by atoms with van der Waals surface area (Å²) < 4.78 is 0. The van der Waals surface area contributed by atoms with Crippen LogP contribution >= 0.6 is 11.6 Å². The van der Waals surface area contributed by atoms with Crippen LogP contribution < -0.4 is 5.32 Å². The van der Waals surface area contributed by atoms with Gasteiger partial charge in [0.1, 0.15) is 5.82 Å². The maximum Gasteiger partial charge on any atom is 0.229 e. The van der Waals surface area contributed by atoms with Gasteiger partial charge in [-0.05, 0) is 51.7 Å². The molecule has 2 aromatic rings. The Morgan fingerprint density at radius 3 is 3.00 bits per heavy atom. The highest BCUT2D eigenvalue weighted by Gasteiger charge is 2.26. The first-order chi connectivity index (χ1) is 12.0. The van der Waals surface area contributed by atoms with E-state index in [0.29, 0.717) is 10.8 Å². The second-order valence-corrected chi connectivity index (χ2v) is 7.35. The fourth-order valence-electron chi connectivity index (χ4n) is 3.22. The van der Waals surface area contributed by atoms with Crippen molar-refractivity contribution in [1.29, 1.82) is 0 Å².